The molecule has 6 heteroatoms. The van der Waals surface area contributed by atoms with Crippen LogP contribution in [0, 0.1) is 5.92 Å². The Balaban J connectivity index is 1.95. The highest BCUT2D eigenvalue weighted by Crippen LogP contribution is 2.12. The van der Waals surface area contributed by atoms with E-state index >= 15 is 0 Å². The van der Waals surface area contributed by atoms with Crippen molar-refractivity contribution in [3.8, 4) is 0 Å². The average Bonchev–Trinajstić information content (AvgIpc) is 2.98. The number of carbonyl (C=O) groups excluding carboxylic acids is 2. The van der Waals surface area contributed by atoms with Crippen LogP contribution in [0.1, 0.15) is 43.3 Å². The van der Waals surface area contributed by atoms with E-state index in [-0.39, 0.29) is 23.8 Å². The summed E-state index contributed by atoms with van der Waals surface area (Å²) in [6.07, 6.45) is 1.86. The van der Waals surface area contributed by atoms with E-state index in [9.17, 15) is 9.59 Å². The fraction of sp³-hybridized carbons (Fsp3) is 0.625. The maximum atomic E-state index is 12.5. The van der Waals surface area contributed by atoms with Crippen molar-refractivity contribution in [2.45, 2.75) is 51.7 Å². The van der Waals surface area contributed by atoms with E-state index in [1.54, 1.807) is 6.07 Å². The number of thiophene rings is 1. The van der Waals surface area contributed by atoms with E-state index in [2.05, 4.69) is 22.9 Å². The third-order valence-electron chi connectivity index (χ3n) is 3.95. The topological polar surface area (TPSA) is 70.2 Å². The molecule has 2 rings (SSSR count). The molecular formula is C16H25N3O2S. The van der Waals surface area contributed by atoms with Crippen molar-refractivity contribution < 1.29 is 9.59 Å². The van der Waals surface area contributed by atoms with Crippen LogP contribution in [0.25, 0.3) is 0 Å². The highest BCUT2D eigenvalue weighted by molar-refractivity contribution is 7.12. The molecule has 1 aromatic heterocycles. The number of hydrogen-bond donors (Lipinski definition) is 3. The van der Waals surface area contributed by atoms with E-state index in [4.69, 9.17) is 0 Å². The number of rotatable bonds is 5. The molecule has 0 spiro atoms. The lowest BCUT2D eigenvalue weighted by atomic mass is 9.98. The average molecular weight is 323 g/mol. The van der Waals surface area contributed by atoms with E-state index in [0.717, 1.165) is 19.4 Å². The Bertz CT molecular complexity index is 501. The third-order valence-corrected chi connectivity index (χ3v) is 4.82. The maximum Gasteiger partial charge on any atom is 0.262 e. The van der Waals surface area contributed by atoms with Crippen molar-refractivity contribution in [2.24, 2.45) is 5.92 Å². The smallest absolute Gasteiger partial charge is 0.262 e. The number of carbonyl (C=O) groups is 2. The molecule has 0 bridgehead atoms. The fourth-order valence-electron chi connectivity index (χ4n) is 2.71. The van der Waals surface area contributed by atoms with Gasteiger partial charge in [-0.3, -0.25) is 9.59 Å². The van der Waals surface area contributed by atoms with Crippen LogP contribution >= 0.6 is 11.3 Å². The molecule has 1 aromatic rings. The quantitative estimate of drug-likeness (QED) is 0.773. The normalized spacial score (nSPS) is 23.1. The number of hydrogen-bond acceptors (Lipinski definition) is 4. The molecule has 0 radical (unpaired) electrons. The number of piperidine rings is 1. The zero-order valence-electron chi connectivity index (χ0n) is 13.4. The second kappa shape index (κ2) is 7.74. The highest BCUT2D eigenvalue weighted by Gasteiger charge is 2.28. The van der Waals surface area contributed by atoms with Crippen molar-refractivity contribution in [1.82, 2.24) is 16.0 Å². The van der Waals surface area contributed by atoms with Gasteiger partial charge >= 0.3 is 0 Å². The van der Waals surface area contributed by atoms with Crippen LogP contribution < -0.4 is 16.0 Å². The van der Waals surface area contributed by atoms with Gasteiger partial charge in [0.25, 0.3) is 5.91 Å². The molecule has 22 heavy (non-hydrogen) atoms. The van der Waals surface area contributed by atoms with Crippen LogP contribution in [0.4, 0.5) is 0 Å². The molecule has 1 fully saturated rings. The Morgan fingerprint density at radius 2 is 2.18 bits per heavy atom. The van der Waals surface area contributed by atoms with Crippen LogP contribution in [0.5, 0.6) is 0 Å². The molecule has 1 aliphatic heterocycles. The van der Waals surface area contributed by atoms with Gasteiger partial charge in [-0.15, -0.1) is 11.3 Å². The molecular weight excluding hydrogens is 298 g/mol. The number of nitrogens with one attached hydrogen (secondary N) is 3. The molecule has 3 unspecified atom stereocenters. The van der Waals surface area contributed by atoms with Crippen molar-refractivity contribution >= 4 is 23.2 Å². The van der Waals surface area contributed by atoms with Gasteiger partial charge in [-0.1, -0.05) is 19.9 Å². The molecule has 0 aliphatic carbocycles. The van der Waals surface area contributed by atoms with E-state index < -0.39 is 6.04 Å². The minimum atomic E-state index is -0.500. The second-order valence-electron chi connectivity index (χ2n) is 6.26. The lowest BCUT2D eigenvalue weighted by molar-refractivity contribution is -0.124. The minimum absolute atomic E-state index is 0.0445. The summed E-state index contributed by atoms with van der Waals surface area (Å²) < 4.78 is 0. The van der Waals surface area contributed by atoms with Crippen LogP contribution in [0.15, 0.2) is 17.5 Å². The van der Waals surface area contributed by atoms with Gasteiger partial charge in [-0.2, -0.15) is 0 Å². The van der Waals surface area contributed by atoms with Gasteiger partial charge in [0.05, 0.1) is 4.88 Å². The largest absolute Gasteiger partial charge is 0.351 e. The molecule has 3 atom stereocenters. The predicted molar refractivity (Wildman–Crippen MR) is 89.0 cm³/mol. The van der Waals surface area contributed by atoms with Crippen LogP contribution in [0.2, 0.25) is 0 Å². The molecule has 0 saturated carbocycles. The summed E-state index contributed by atoms with van der Waals surface area (Å²) in [5, 5.41) is 11.2. The SMILES string of the molecule is CC1CC(NC(=O)C(NC(=O)c2cccs2)C(C)C)CCN1. The van der Waals surface area contributed by atoms with Crippen molar-refractivity contribution in [3.63, 3.8) is 0 Å². The van der Waals surface area contributed by atoms with Crippen molar-refractivity contribution in [1.29, 1.82) is 0 Å². The van der Waals surface area contributed by atoms with E-state index in [1.165, 1.54) is 11.3 Å². The second-order valence-corrected chi connectivity index (χ2v) is 7.21. The Hall–Kier alpha value is -1.40. The summed E-state index contributed by atoms with van der Waals surface area (Å²) >= 11 is 1.38. The van der Waals surface area contributed by atoms with Gasteiger partial charge in [0.15, 0.2) is 0 Å². The molecule has 5 nitrogen and oxygen atoms in total. The first-order valence-corrected chi connectivity index (χ1v) is 8.73. The Kier molecular flexibility index (Phi) is 5.97. The molecule has 1 aliphatic rings. The molecule has 2 amide bonds. The van der Waals surface area contributed by atoms with Gasteiger partial charge in [0, 0.05) is 12.1 Å². The van der Waals surface area contributed by atoms with E-state index in [1.807, 2.05) is 25.3 Å². The Morgan fingerprint density at radius 1 is 1.41 bits per heavy atom. The molecule has 1 saturated heterocycles. The molecule has 0 aromatic carbocycles. The Labute approximate surface area is 135 Å². The van der Waals surface area contributed by atoms with Gasteiger partial charge in [0.2, 0.25) is 5.91 Å². The van der Waals surface area contributed by atoms with Crippen molar-refractivity contribution in [3.05, 3.63) is 22.4 Å². The maximum absolute atomic E-state index is 12.5. The molecule has 3 N–H and O–H groups in total. The predicted octanol–water partition coefficient (Wildman–Crippen LogP) is 1.76. The lowest BCUT2D eigenvalue weighted by Gasteiger charge is -2.31. The Morgan fingerprint density at radius 3 is 2.77 bits per heavy atom. The third kappa shape index (κ3) is 4.55. The van der Waals surface area contributed by atoms with Gasteiger partial charge in [0.1, 0.15) is 6.04 Å². The van der Waals surface area contributed by atoms with Crippen LogP contribution in [0.3, 0.4) is 0 Å². The van der Waals surface area contributed by atoms with Gasteiger partial charge in [-0.05, 0) is 43.7 Å². The molecule has 122 valence electrons. The highest BCUT2D eigenvalue weighted by atomic mass is 32.1. The lowest BCUT2D eigenvalue weighted by Crippen LogP contribution is -2.54. The summed E-state index contributed by atoms with van der Waals surface area (Å²) in [6.45, 7) is 6.94. The summed E-state index contributed by atoms with van der Waals surface area (Å²) in [5.74, 6) is -0.218. The van der Waals surface area contributed by atoms with Crippen LogP contribution in [-0.2, 0) is 4.79 Å². The van der Waals surface area contributed by atoms with Gasteiger partial charge < -0.3 is 16.0 Å². The monoisotopic (exact) mass is 323 g/mol. The minimum Gasteiger partial charge on any atom is -0.351 e. The van der Waals surface area contributed by atoms with Gasteiger partial charge in [-0.25, -0.2) is 0 Å². The first-order chi connectivity index (χ1) is 10.5. The standard InChI is InChI=1S/C16H25N3O2S/c1-10(2)14(19-15(20)13-5-4-8-22-13)16(21)18-12-6-7-17-11(3)9-12/h4-5,8,10-12,14,17H,6-7,9H2,1-3H3,(H,18,21)(H,19,20). The van der Waals surface area contributed by atoms with E-state index in [0.29, 0.717) is 10.9 Å². The zero-order valence-corrected chi connectivity index (χ0v) is 14.2. The first-order valence-electron chi connectivity index (χ1n) is 7.85. The zero-order chi connectivity index (χ0) is 16.1. The number of amides is 2. The molecule has 2 heterocycles. The summed E-state index contributed by atoms with van der Waals surface area (Å²) in [5.41, 5.74) is 0. The summed E-state index contributed by atoms with van der Waals surface area (Å²) in [4.78, 5) is 25.3. The van der Waals surface area contributed by atoms with Crippen LogP contribution in [-0.4, -0.2) is 36.5 Å². The first kappa shape index (κ1) is 17.0. The summed E-state index contributed by atoms with van der Waals surface area (Å²) in [7, 11) is 0. The summed E-state index contributed by atoms with van der Waals surface area (Å²) in [6, 6.07) is 3.70. The fourth-order valence-corrected chi connectivity index (χ4v) is 3.34. The van der Waals surface area contributed by atoms with Crippen molar-refractivity contribution in [2.75, 3.05) is 6.54 Å².